The summed E-state index contributed by atoms with van der Waals surface area (Å²) in [5.74, 6) is -1.68. The van der Waals surface area contributed by atoms with Crippen molar-refractivity contribution in [1.29, 1.82) is 0 Å². The third-order valence-corrected chi connectivity index (χ3v) is 1.36. The van der Waals surface area contributed by atoms with Crippen LogP contribution in [0.15, 0.2) is 29.4 Å². The Morgan fingerprint density at radius 2 is 2.19 bits per heavy atom. The van der Waals surface area contributed by atoms with Crippen molar-refractivity contribution >= 4 is 11.9 Å². The first-order chi connectivity index (χ1) is 7.16. The molecule has 0 aromatic heterocycles. The Kier molecular flexibility index (Phi) is 14.7. The molecule has 0 saturated carbocycles. The summed E-state index contributed by atoms with van der Waals surface area (Å²) in [5, 5.41) is 22.0. The fraction of sp³-hybridized carbons (Fsp3) is 0.400. The van der Waals surface area contributed by atoms with Crippen LogP contribution in [0, 0.1) is 0 Å². The van der Waals surface area contributed by atoms with Crippen LogP contribution in [-0.4, -0.2) is 30.1 Å². The normalized spacial score (nSPS) is 11.7. The van der Waals surface area contributed by atoms with E-state index in [1.807, 2.05) is 13.0 Å². The molecule has 16 heavy (non-hydrogen) atoms. The molecule has 0 atom stereocenters. The molecule has 0 aliphatic rings. The van der Waals surface area contributed by atoms with Gasteiger partial charge in [0.1, 0.15) is 0 Å². The van der Waals surface area contributed by atoms with E-state index in [0.717, 1.165) is 18.6 Å². The van der Waals surface area contributed by atoms with Crippen LogP contribution in [0.4, 0.5) is 0 Å². The third-order valence-electron chi connectivity index (χ3n) is 1.36. The van der Waals surface area contributed by atoms with Gasteiger partial charge in [0.15, 0.2) is 0 Å². The molecule has 84 valence electrons. The van der Waals surface area contributed by atoms with Gasteiger partial charge >= 0.3 is 57.4 Å². The second kappa shape index (κ2) is 12.9. The number of hydrogen-bond donors (Lipinski definition) is 2. The number of allylic oxidation sites excluding steroid dienone is 1. The second-order valence-corrected chi connectivity index (χ2v) is 2.66. The zero-order valence-corrected chi connectivity index (χ0v) is 12.8. The van der Waals surface area contributed by atoms with Crippen LogP contribution in [0.3, 0.4) is 0 Å². The summed E-state index contributed by atoms with van der Waals surface area (Å²) in [6.45, 7) is 2.91. The predicted molar refractivity (Wildman–Crippen MR) is 56.5 cm³/mol. The van der Waals surface area contributed by atoms with Crippen molar-refractivity contribution in [3.63, 3.8) is 0 Å². The molecule has 5 nitrogen and oxygen atoms in total. The third kappa shape index (κ3) is 13.9. The van der Waals surface area contributed by atoms with Gasteiger partial charge in [0, 0.05) is 12.6 Å². The number of rotatable bonds is 7. The molecule has 0 amide bonds. The summed E-state index contributed by atoms with van der Waals surface area (Å²) < 4.78 is 0. The van der Waals surface area contributed by atoms with Crippen molar-refractivity contribution in [1.82, 2.24) is 5.32 Å². The molecular formula is C10H15KN2O3. The Hall–Kier alpha value is -0.144. The fourth-order valence-electron chi connectivity index (χ4n) is 0.710. The van der Waals surface area contributed by atoms with Gasteiger partial charge in [-0.25, -0.2) is 4.79 Å². The van der Waals surface area contributed by atoms with Gasteiger partial charge in [0.05, 0.1) is 6.54 Å². The summed E-state index contributed by atoms with van der Waals surface area (Å²) in [6.07, 6.45) is 6.41. The molecule has 6 heteroatoms. The maximum absolute atomic E-state index is 10.9. The first kappa shape index (κ1) is 18.2. The van der Waals surface area contributed by atoms with Crippen LogP contribution in [-0.2, 0) is 4.79 Å². The van der Waals surface area contributed by atoms with Crippen LogP contribution in [0.2, 0.25) is 0 Å². The van der Waals surface area contributed by atoms with E-state index in [0.29, 0.717) is 13.1 Å². The van der Waals surface area contributed by atoms with Crippen LogP contribution in [0.25, 0.3) is 0 Å². The molecule has 0 rings (SSSR count). The first-order valence-electron chi connectivity index (χ1n) is 4.67. The summed E-state index contributed by atoms with van der Waals surface area (Å²) >= 11 is 0. The number of hydrogen-bond acceptors (Lipinski definition) is 4. The molecular weight excluding hydrogens is 235 g/mol. The van der Waals surface area contributed by atoms with Crippen molar-refractivity contribution < 1.29 is 66.4 Å². The zero-order chi connectivity index (χ0) is 11.5. The summed E-state index contributed by atoms with van der Waals surface area (Å²) in [6, 6.07) is 0. The molecule has 2 N–H and O–H groups in total. The van der Waals surface area contributed by atoms with E-state index in [4.69, 9.17) is 5.11 Å². The summed E-state index contributed by atoms with van der Waals surface area (Å²) in [4.78, 5) is 13.7. The quantitative estimate of drug-likeness (QED) is 0.165. The minimum absolute atomic E-state index is 0. The summed E-state index contributed by atoms with van der Waals surface area (Å²) in [5.41, 5.74) is 0. The average molecular weight is 250 g/mol. The van der Waals surface area contributed by atoms with Crippen LogP contribution in [0.5, 0.6) is 0 Å². The first-order valence-corrected chi connectivity index (χ1v) is 4.67. The number of nitrogens with zero attached hydrogens (tertiary/aromatic N) is 1. The molecule has 0 unspecified atom stereocenters. The van der Waals surface area contributed by atoms with E-state index < -0.39 is 11.9 Å². The van der Waals surface area contributed by atoms with Crippen molar-refractivity contribution in [3.8, 4) is 0 Å². The molecule has 0 heterocycles. The molecule has 0 aromatic rings. The Balaban J connectivity index is 0. The van der Waals surface area contributed by atoms with Gasteiger partial charge in [-0.05, 0) is 24.6 Å². The van der Waals surface area contributed by atoms with Crippen molar-refractivity contribution in [2.75, 3.05) is 13.1 Å². The second-order valence-electron chi connectivity index (χ2n) is 2.66. The molecule has 0 aliphatic heterocycles. The Morgan fingerprint density at radius 3 is 2.75 bits per heavy atom. The van der Waals surface area contributed by atoms with Gasteiger partial charge in [0.2, 0.25) is 0 Å². The van der Waals surface area contributed by atoms with E-state index in [2.05, 4.69) is 10.3 Å². The van der Waals surface area contributed by atoms with Crippen molar-refractivity contribution in [2.24, 2.45) is 4.99 Å². The van der Waals surface area contributed by atoms with E-state index in [9.17, 15) is 9.90 Å². The Bertz CT molecular complexity index is 275. The van der Waals surface area contributed by atoms with Gasteiger partial charge in [-0.3, -0.25) is 4.99 Å². The molecule has 0 bridgehead atoms. The van der Waals surface area contributed by atoms with E-state index >= 15 is 0 Å². The zero-order valence-electron chi connectivity index (χ0n) is 9.64. The van der Waals surface area contributed by atoms with E-state index in [1.165, 1.54) is 0 Å². The van der Waals surface area contributed by atoms with Crippen LogP contribution in [0.1, 0.15) is 13.3 Å². The molecule has 0 saturated heterocycles. The van der Waals surface area contributed by atoms with Gasteiger partial charge in [0.25, 0.3) is 0 Å². The monoisotopic (exact) mass is 250 g/mol. The number of aliphatic imine (C=N–C) groups is 1. The average Bonchev–Trinajstić information content (AvgIpc) is 2.20. The predicted octanol–water partition coefficient (Wildman–Crippen LogP) is -3.10. The minimum Gasteiger partial charge on any atom is -0.859 e. The topological polar surface area (TPSA) is 84.8 Å². The smallest absolute Gasteiger partial charge is 0.859 e. The standard InChI is InChI=1S/C10H16N2O3.K/c1-2-3-6-11-7-8-12-9(13)4-5-10(14)15;/h3-6,11H,2,7-8H2,1H3,(H,12,13)(H,14,15);/q;+1/p-1/b5-4+,6-3+;. The maximum atomic E-state index is 10.9. The van der Waals surface area contributed by atoms with Gasteiger partial charge in [-0.15, -0.1) is 0 Å². The van der Waals surface area contributed by atoms with Crippen LogP contribution >= 0.6 is 0 Å². The maximum Gasteiger partial charge on any atom is 1.00 e. The number of carbonyl (C=O) groups is 1. The fourth-order valence-corrected chi connectivity index (χ4v) is 0.710. The minimum atomic E-state index is -1.15. The number of carboxylic acid groups (broad SMARTS) is 1. The Labute approximate surface area is 138 Å². The number of aliphatic carboxylic acids is 1. The molecule has 0 radical (unpaired) electrons. The van der Waals surface area contributed by atoms with Gasteiger partial charge in [-0.2, -0.15) is 0 Å². The van der Waals surface area contributed by atoms with E-state index in [1.54, 1.807) is 6.20 Å². The molecule has 0 aliphatic carbocycles. The summed E-state index contributed by atoms with van der Waals surface area (Å²) in [7, 11) is 0. The largest absolute Gasteiger partial charge is 1.00 e. The molecule has 0 aromatic carbocycles. The van der Waals surface area contributed by atoms with Crippen molar-refractivity contribution in [3.05, 3.63) is 24.4 Å². The van der Waals surface area contributed by atoms with Crippen LogP contribution < -0.4 is 61.8 Å². The van der Waals surface area contributed by atoms with Crippen molar-refractivity contribution in [2.45, 2.75) is 13.3 Å². The van der Waals surface area contributed by atoms with Gasteiger partial charge in [-0.1, -0.05) is 13.0 Å². The Morgan fingerprint density at radius 1 is 1.50 bits per heavy atom. The molecule has 0 spiro atoms. The number of carboxylic acids is 1. The van der Waals surface area contributed by atoms with Gasteiger partial charge < -0.3 is 15.5 Å². The van der Waals surface area contributed by atoms with E-state index in [-0.39, 0.29) is 51.4 Å². The SMILES string of the molecule is CC/C=C/NCCN=C([O-])/C=C/C(=O)O.[K+]. The number of nitrogens with one attached hydrogen (secondary N) is 1. The molecule has 0 fully saturated rings.